The van der Waals surface area contributed by atoms with E-state index in [1.807, 2.05) is 24.3 Å². The van der Waals surface area contributed by atoms with Crippen molar-refractivity contribution in [3.8, 4) is 5.75 Å². The summed E-state index contributed by atoms with van der Waals surface area (Å²) in [6.45, 7) is 2.11. The fourth-order valence-electron chi connectivity index (χ4n) is 1.62. The summed E-state index contributed by atoms with van der Waals surface area (Å²) >= 11 is 5.79. The molecule has 0 bridgehead atoms. The van der Waals surface area contributed by atoms with Gasteiger partial charge in [0.15, 0.2) is 0 Å². The molecule has 0 amide bonds. The second-order valence-corrected chi connectivity index (χ2v) is 3.96. The van der Waals surface area contributed by atoms with Crippen LogP contribution in [-0.2, 0) is 0 Å². The van der Waals surface area contributed by atoms with Gasteiger partial charge in [-0.25, -0.2) is 0 Å². The third-order valence-electron chi connectivity index (χ3n) is 2.40. The molecule has 1 aliphatic rings. The van der Waals surface area contributed by atoms with Crippen LogP contribution in [0.3, 0.4) is 0 Å². The summed E-state index contributed by atoms with van der Waals surface area (Å²) in [7, 11) is 0. The van der Waals surface area contributed by atoms with Gasteiger partial charge in [0, 0.05) is 5.02 Å². The van der Waals surface area contributed by atoms with E-state index < -0.39 is 0 Å². The van der Waals surface area contributed by atoms with Crippen LogP contribution in [0.4, 0.5) is 0 Å². The molecule has 15 heavy (non-hydrogen) atoms. The van der Waals surface area contributed by atoms with Gasteiger partial charge in [0.2, 0.25) is 0 Å². The lowest BCUT2D eigenvalue weighted by Gasteiger charge is -2.23. The van der Waals surface area contributed by atoms with Gasteiger partial charge in [0.1, 0.15) is 11.9 Å². The number of ether oxygens (including phenoxy) is 1. The number of halogens is 2. The summed E-state index contributed by atoms with van der Waals surface area (Å²) in [4.78, 5) is 0. The Kier molecular flexibility index (Phi) is 5.23. The molecule has 1 N–H and O–H groups in total. The van der Waals surface area contributed by atoms with Crippen LogP contribution in [0.2, 0.25) is 5.02 Å². The summed E-state index contributed by atoms with van der Waals surface area (Å²) < 4.78 is 5.81. The predicted molar refractivity (Wildman–Crippen MR) is 65.2 cm³/mol. The summed E-state index contributed by atoms with van der Waals surface area (Å²) in [6.07, 6.45) is 2.53. The van der Waals surface area contributed by atoms with Gasteiger partial charge in [0.25, 0.3) is 0 Å². The molecule has 1 saturated heterocycles. The summed E-state index contributed by atoms with van der Waals surface area (Å²) in [5.74, 6) is 0.918. The molecule has 0 unspecified atom stereocenters. The van der Waals surface area contributed by atoms with Gasteiger partial charge in [-0.15, -0.1) is 12.4 Å². The maximum absolute atomic E-state index is 5.81. The van der Waals surface area contributed by atoms with Crippen molar-refractivity contribution in [2.45, 2.75) is 18.9 Å². The minimum Gasteiger partial charge on any atom is -0.490 e. The largest absolute Gasteiger partial charge is 0.490 e. The number of hydrogen-bond donors (Lipinski definition) is 1. The topological polar surface area (TPSA) is 21.3 Å². The third kappa shape index (κ3) is 3.90. The Bertz CT molecular complexity index is 283. The number of rotatable bonds is 2. The van der Waals surface area contributed by atoms with E-state index in [0.717, 1.165) is 36.7 Å². The summed E-state index contributed by atoms with van der Waals surface area (Å²) in [6, 6.07) is 7.56. The van der Waals surface area contributed by atoms with Crippen LogP contribution in [0.5, 0.6) is 5.75 Å². The standard InChI is InChI=1S/C11H14ClNO.ClH/c12-9-1-3-10(4-2-9)14-11-5-7-13-8-6-11;/h1-4,11,13H,5-8H2;1H. The maximum Gasteiger partial charge on any atom is 0.119 e. The van der Waals surface area contributed by atoms with Crippen molar-refractivity contribution >= 4 is 24.0 Å². The summed E-state index contributed by atoms with van der Waals surface area (Å²) in [5, 5.41) is 4.06. The highest BCUT2D eigenvalue weighted by molar-refractivity contribution is 6.30. The quantitative estimate of drug-likeness (QED) is 0.868. The molecule has 2 rings (SSSR count). The monoisotopic (exact) mass is 247 g/mol. The molecule has 1 heterocycles. The van der Waals surface area contributed by atoms with Gasteiger partial charge in [0.05, 0.1) is 0 Å². The Morgan fingerprint density at radius 2 is 1.73 bits per heavy atom. The predicted octanol–water partition coefficient (Wildman–Crippen LogP) is 2.89. The Labute approximate surface area is 101 Å². The van der Waals surface area contributed by atoms with E-state index in [9.17, 15) is 0 Å². The van der Waals surface area contributed by atoms with Crippen molar-refractivity contribution < 1.29 is 4.74 Å². The SMILES string of the molecule is Cl.Clc1ccc(OC2CCNCC2)cc1. The molecule has 1 aromatic carbocycles. The van der Waals surface area contributed by atoms with Crippen molar-refractivity contribution in [2.75, 3.05) is 13.1 Å². The molecule has 0 spiro atoms. The minimum absolute atomic E-state index is 0. The van der Waals surface area contributed by atoms with E-state index in [4.69, 9.17) is 16.3 Å². The first-order chi connectivity index (χ1) is 6.84. The highest BCUT2D eigenvalue weighted by atomic mass is 35.5. The minimum atomic E-state index is 0. The maximum atomic E-state index is 5.81. The number of hydrogen-bond acceptors (Lipinski definition) is 2. The molecule has 0 atom stereocenters. The molecular formula is C11H15Cl2NO. The van der Waals surface area contributed by atoms with Crippen molar-refractivity contribution in [3.63, 3.8) is 0 Å². The van der Waals surface area contributed by atoms with Crippen LogP contribution >= 0.6 is 24.0 Å². The normalized spacial score (nSPS) is 16.9. The molecule has 0 radical (unpaired) electrons. The van der Waals surface area contributed by atoms with Gasteiger partial charge in [-0.3, -0.25) is 0 Å². The summed E-state index contributed by atoms with van der Waals surface area (Å²) in [5.41, 5.74) is 0. The Balaban J connectivity index is 0.00000112. The third-order valence-corrected chi connectivity index (χ3v) is 2.65. The molecule has 2 nitrogen and oxygen atoms in total. The molecule has 4 heteroatoms. The first-order valence-corrected chi connectivity index (χ1v) is 5.35. The van der Waals surface area contributed by atoms with Crippen LogP contribution in [-0.4, -0.2) is 19.2 Å². The first-order valence-electron chi connectivity index (χ1n) is 4.97. The molecule has 1 aliphatic heterocycles. The Morgan fingerprint density at radius 1 is 1.13 bits per heavy atom. The van der Waals surface area contributed by atoms with E-state index in [0.29, 0.717) is 6.10 Å². The van der Waals surface area contributed by atoms with E-state index in [-0.39, 0.29) is 12.4 Å². The van der Waals surface area contributed by atoms with E-state index in [1.165, 1.54) is 0 Å². The lowest BCUT2D eigenvalue weighted by atomic mass is 10.1. The smallest absolute Gasteiger partial charge is 0.119 e. The van der Waals surface area contributed by atoms with Crippen molar-refractivity contribution in [2.24, 2.45) is 0 Å². The lowest BCUT2D eigenvalue weighted by molar-refractivity contribution is 0.162. The van der Waals surface area contributed by atoms with Crippen molar-refractivity contribution in [1.29, 1.82) is 0 Å². The molecule has 1 fully saturated rings. The van der Waals surface area contributed by atoms with Gasteiger partial charge < -0.3 is 10.1 Å². The van der Waals surface area contributed by atoms with Gasteiger partial charge in [-0.2, -0.15) is 0 Å². The average Bonchev–Trinajstić information content (AvgIpc) is 2.23. The van der Waals surface area contributed by atoms with Crippen LogP contribution in [0.15, 0.2) is 24.3 Å². The van der Waals surface area contributed by atoms with Gasteiger partial charge in [-0.05, 0) is 50.2 Å². The van der Waals surface area contributed by atoms with E-state index >= 15 is 0 Å². The average molecular weight is 248 g/mol. The number of nitrogens with one attached hydrogen (secondary N) is 1. The molecule has 1 aromatic rings. The van der Waals surface area contributed by atoms with Gasteiger partial charge >= 0.3 is 0 Å². The van der Waals surface area contributed by atoms with Crippen molar-refractivity contribution in [3.05, 3.63) is 29.3 Å². The van der Waals surface area contributed by atoms with Gasteiger partial charge in [-0.1, -0.05) is 11.6 Å². The Morgan fingerprint density at radius 3 is 2.33 bits per heavy atom. The molecule has 0 aromatic heterocycles. The zero-order chi connectivity index (χ0) is 9.80. The molecular weight excluding hydrogens is 233 g/mol. The zero-order valence-electron chi connectivity index (χ0n) is 8.41. The van der Waals surface area contributed by atoms with Crippen LogP contribution in [0, 0.1) is 0 Å². The molecule has 0 aliphatic carbocycles. The van der Waals surface area contributed by atoms with Crippen LogP contribution < -0.4 is 10.1 Å². The highest BCUT2D eigenvalue weighted by Gasteiger charge is 2.13. The zero-order valence-corrected chi connectivity index (χ0v) is 9.98. The number of benzene rings is 1. The molecule has 0 saturated carbocycles. The molecule has 84 valence electrons. The van der Waals surface area contributed by atoms with Crippen LogP contribution in [0.1, 0.15) is 12.8 Å². The highest BCUT2D eigenvalue weighted by Crippen LogP contribution is 2.19. The van der Waals surface area contributed by atoms with E-state index in [1.54, 1.807) is 0 Å². The van der Waals surface area contributed by atoms with E-state index in [2.05, 4.69) is 5.32 Å². The first kappa shape index (κ1) is 12.6. The fraction of sp³-hybridized carbons (Fsp3) is 0.455. The Hall–Kier alpha value is -0.440. The second kappa shape index (κ2) is 6.21. The van der Waals surface area contributed by atoms with Crippen LogP contribution in [0.25, 0.3) is 0 Å². The number of piperidine rings is 1. The second-order valence-electron chi connectivity index (χ2n) is 3.52. The fourth-order valence-corrected chi connectivity index (χ4v) is 1.74. The van der Waals surface area contributed by atoms with Crippen molar-refractivity contribution in [1.82, 2.24) is 5.32 Å². The lowest BCUT2D eigenvalue weighted by Crippen LogP contribution is -2.34.